The molecule has 0 spiro atoms. The lowest BCUT2D eigenvalue weighted by atomic mass is 10.3. The molecule has 3 heterocycles. The summed E-state index contributed by atoms with van der Waals surface area (Å²) in [5, 5.41) is 3.33. The van der Waals surface area contributed by atoms with E-state index in [0.29, 0.717) is 22.0 Å². The molecule has 0 saturated carbocycles. The second-order valence-electron chi connectivity index (χ2n) is 3.21. The van der Waals surface area contributed by atoms with Crippen LogP contribution >= 0.6 is 22.9 Å². The molecule has 17 heavy (non-hydrogen) atoms. The minimum Gasteiger partial charge on any atom is -0.463 e. The van der Waals surface area contributed by atoms with Gasteiger partial charge in [-0.1, -0.05) is 0 Å². The Morgan fingerprint density at radius 2 is 2.29 bits per heavy atom. The zero-order chi connectivity index (χ0) is 11.8. The third kappa shape index (κ3) is 1.71. The highest BCUT2D eigenvalue weighted by Crippen LogP contribution is 2.37. The van der Waals surface area contributed by atoms with Crippen LogP contribution in [0.3, 0.4) is 0 Å². The molecule has 0 aliphatic rings. The van der Waals surface area contributed by atoms with Crippen LogP contribution in [-0.4, -0.2) is 9.97 Å². The summed E-state index contributed by atoms with van der Waals surface area (Å²) in [5.41, 5.74) is 1.17. The van der Waals surface area contributed by atoms with Gasteiger partial charge in [0.2, 0.25) is 5.28 Å². The van der Waals surface area contributed by atoms with Gasteiger partial charge in [0.1, 0.15) is 5.69 Å². The summed E-state index contributed by atoms with van der Waals surface area (Å²) in [5.74, 6) is 0.582. The third-order valence-corrected chi connectivity index (χ3v) is 3.35. The maximum Gasteiger partial charge on any atom is 0.223 e. The first-order valence-corrected chi connectivity index (χ1v) is 5.81. The fourth-order valence-electron chi connectivity index (χ4n) is 1.51. The second-order valence-corrected chi connectivity index (χ2v) is 4.58. The van der Waals surface area contributed by atoms with Crippen molar-refractivity contribution in [2.45, 2.75) is 0 Å². The molecule has 0 atom stereocenters. The number of hydrogen-bond acceptors (Lipinski definition) is 6. The van der Waals surface area contributed by atoms with Crippen LogP contribution in [-0.2, 0) is 0 Å². The minimum absolute atomic E-state index is 0.110. The van der Waals surface area contributed by atoms with Crippen molar-refractivity contribution < 1.29 is 4.42 Å². The SMILES string of the molecule is O=Nc1cc2nc(Cl)nc(-c3ccco3)c2s1. The van der Waals surface area contributed by atoms with Gasteiger partial charge in [0.25, 0.3) is 0 Å². The van der Waals surface area contributed by atoms with Crippen LogP contribution in [0.4, 0.5) is 5.00 Å². The van der Waals surface area contributed by atoms with Crippen molar-refractivity contribution in [3.63, 3.8) is 0 Å². The van der Waals surface area contributed by atoms with Gasteiger partial charge in [-0.15, -0.1) is 16.2 Å². The summed E-state index contributed by atoms with van der Waals surface area (Å²) < 4.78 is 6.01. The number of hydrogen-bond donors (Lipinski definition) is 0. The van der Waals surface area contributed by atoms with Crippen molar-refractivity contribution in [3.05, 3.63) is 34.7 Å². The highest BCUT2D eigenvalue weighted by Gasteiger charge is 2.14. The molecule has 0 unspecified atom stereocenters. The lowest BCUT2D eigenvalue weighted by Gasteiger charge is -1.98. The van der Waals surface area contributed by atoms with Crippen LogP contribution < -0.4 is 0 Å². The fraction of sp³-hybridized carbons (Fsp3) is 0. The summed E-state index contributed by atoms with van der Waals surface area (Å²) in [6.45, 7) is 0. The average Bonchev–Trinajstić information content (AvgIpc) is 2.96. The molecule has 0 fully saturated rings. The first-order valence-electron chi connectivity index (χ1n) is 4.62. The molecule has 0 radical (unpaired) electrons. The zero-order valence-corrected chi connectivity index (χ0v) is 9.83. The molecule has 0 bridgehead atoms. The van der Waals surface area contributed by atoms with Crippen molar-refractivity contribution in [1.82, 2.24) is 9.97 Å². The van der Waals surface area contributed by atoms with E-state index in [9.17, 15) is 4.91 Å². The molecule has 0 saturated heterocycles. The summed E-state index contributed by atoms with van der Waals surface area (Å²) in [7, 11) is 0. The van der Waals surface area contributed by atoms with Crippen LogP contribution in [0, 0.1) is 4.91 Å². The highest BCUT2D eigenvalue weighted by molar-refractivity contribution is 7.23. The number of nitrogens with zero attached hydrogens (tertiary/aromatic N) is 3. The molecule has 5 nitrogen and oxygen atoms in total. The van der Waals surface area contributed by atoms with E-state index in [4.69, 9.17) is 16.0 Å². The Morgan fingerprint density at radius 1 is 1.41 bits per heavy atom. The van der Waals surface area contributed by atoms with Gasteiger partial charge in [-0.3, -0.25) is 0 Å². The normalized spacial score (nSPS) is 10.9. The number of furan rings is 1. The van der Waals surface area contributed by atoms with E-state index in [0.717, 1.165) is 4.70 Å². The van der Waals surface area contributed by atoms with E-state index < -0.39 is 0 Å². The molecule has 3 rings (SSSR count). The average molecular weight is 266 g/mol. The van der Waals surface area contributed by atoms with E-state index in [-0.39, 0.29) is 5.28 Å². The number of thiophene rings is 1. The Morgan fingerprint density at radius 3 is 3.00 bits per heavy atom. The number of aromatic nitrogens is 2. The Hall–Kier alpha value is -1.79. The molecule has 0 aromatic carbocycles. The lowest BCUT2D eigenvalue weighted by Crippen LogP contribution is -1.86. The molecule has 84 valence electrons. The smallest absolute Gasteiger partial charge is 0.223 e. The molecule has 3 aromatic rings. The van der Waals surface area contributed by atoms with Gasteiger partial charge < -0.3 is 4.42 Å². The third-order valence-electron chi connectivity index (χ3n) is 2.18. The minimum atomic E-state index is 0.110. The predicted molar refractivity (Wildman–Crippen MR) is 65.6 cm³/mol. The van der Waals surface area contributed by atoms with Crippen LogP contribution in [0.15, 0.2) is 34.1 Å². The van der Waals surface area contributed by atoms with Crippen molar-refractivity contribution in [1.29, 1.82) is 0 Å². The van der Waals surface area contributed by atoms with Crippen molar-refractivity contribution in [2.24, 2.45) is 5.18 Å². The summed E-state index contributed by atoms with van der Waals surface area (Å²) in [6.07, 6.45) is 1.55. The second kappa shape index (κ2) is 3.90. The standard InChI is InChI=1S/C10H4ClN3O2S/c11-10-12-5-4-7(14-15)17-9(5)8(13-10)6-2-1-3-16-6/h1-4H. The zero-order valence-electron chi connectivity index (χ0n) is 8.25. The van der Waals surface area contributed by atoms with Gasteiger partial charge >= 0.3 is 0 Å². The fourth-order valence-corrected chi connectivity index (χ4v) is 2.56. The first kappa shape index (κ1) is 10.4. The molecule has 0 aliphatic heterocycles. The quantitative estimate of drug-likeness (QED) is 0.519. The van der Waals surface area contributed by atoms with E-state index in [1.807, 2.05) is 0 Å². The van der Waals surface area contributed by atoms with E-state index in [2.05, 4.69) is 15.1 Å². The molecule has 0 amide bonds. The molecule has 7 heteroatoms. The molecule has 3 aromatic heterocycles. The van der Waals surface area contributed by atoms with E-state index in [1.54, 1.807) is 24.5 Å². The first-order chi connectivity index (χ1) is 8.28. The van der Waals surface area contributed by atoms with Gasteiger partial charge in [-0.25, -0.2) is 9.97 Å². The van der Waals surface area contributed by atoms with Crippen LogP contribution in [0.5, 0.6) is 0 Å². The lowest BCUT2D eigenvalue weighted by molar-refractivity contribution is 0.580. The number of fused-ring (bicyclic) bond motifs is 1. The summed E-state index contributed by atoms with van der Waals surface area (Å²) in [4.78, 5) is 18.7. The van der Waals surface area contributed by atoms with Crippen LogP contribution in [0.25, 0.3) is 21.7 Å². The number of rotatable bonds is 2. The maximum atomic E-state index is 10.5. The number of halogens is 1. The van der Waals surface area contributed by atoms with Crippen LogP contribution in [0.2, 0.25) is 5.28 Å². The van der Waals surface area contributed by atoms with Gasteiger partial charge in [-0.2, -0.15) is 0 Å². The Bertz CT molecular complexity index is 693. The molecule has 0 N–H and O–H groups in total. The van der Waals surface area contributed by atoms with E-state index in [1.165, 1.54) is 11.3 Å². The largest absolute Gasteiger partial charge is 0.463 e. The summed E-state index contributed by atoms with van der Waals surface area (Å²) in [6, 6.07) is 5.10. The van der Waals surface area contributed by atoms with E-state index >= 15 is 0 Å². The van der Waals surface area contributed by atoms with Gasteiger partial charge in [-0.05, 0) is 28.9 Å². The topological polar surface area (TPSA) is 68.3 Å². The predicted octanol–water partition coefficient (Wildman–Crippen LogP) is 4.00. The van der Waals surface area contributed by atoms with Crippen molar-refractivity contribution in [3.8, 4) is 11.5 Å². The Kier molecular flexibility index (Phi) is 2.38. The maximum absolute atomic E-state index is 10.5. The summed E-state index contributed by atoms with van der Waals surface area (Å²) >= 11 is 7.03. The molecular formula is C10H4ClN3O2S. The van der Waals surface area contributed by atoms with Crippen molar-refractivity contribution >= 4 is 38.2 Å². The highest BCUT2D eigenvalue weighted by atomic mass is 35.5. The Labute approximate surface area is 104 Å². The van der Waals surface area contributed by atoms with Gasteiger partial charge in [0.15, 0.2) is 10.8 Å². The van der Waals surface area contributed by atoms with Gasteiger partial charge in [0, 0.05) is 6.07 Å². The monoisotopic (exact) mass is 265 g/mol. The molecular weight excluding hydrogens is 262 g/mol. The van der Waals surface area contributed by atoms with Crippen molar-refractivity contribution in [2.75, 3.05) is 0 Å². The van der Waals surface area contributed by atoms with Crippen LogP contribution in [0.1, 0.15) is 0 Å². The Balaban J connectivity index is 2.36. The van der Waals surface area contributed by atoms with Gasteiger partial charge in [0.05, 0.1) is 16.5 Å². The number of nitroso groups, excluding NO2 is 1. The molecule has 0 aliphatic carbocycles.